The van der Waals surface area contributed by atoms with E-state index >= 15 is 0 Å². The summed E-state index contributed by atoms with van der Waals surface area (Å²) in [5.41, 5.74) is 2.72. The minimum Gasteiger partial charge on any atom is -0.464 e. The number of aromatic nitrogens is 2. The fourth-order valence-corrected chi connectivity index (χ4v) is 3.65. The Morgan fingerprint density at radius 2 is 2.10 bits per heavy atom. The van der Waals surface area contributed by atoms with E-state index in [2.05, 4.69) is 15.5 Å². The van der Waals surface area contributed by atoms with Gasteiger partial charge in [0.1, 0.15) is 5.76 Å². The molecule has 0 aliphatic carbocycles. The van der Waals surface area contributed by atoms with Crippen LogP contribution in [-0.2, 0) is 16.0 Å². The van der Waals surface area contributed by atoms with E-state index in [0.717, 1.165) is 35.4 Å². The van der Waals surface area contributed by atoms with E-state index in [1.165, 1.54) is 0 Å². The summed E-state index contributed by atoms with van der Waals surface area (Å²) < 4.78 is 5.38. The van der Waals surface area contributed by atoms with Gasteiger partial charge in [-0.2, -0.15) is 5.10 Å². The quantitative estimate of drug-likeness (QED) is 0.672. The van der Waals surface area contributed by atoms with Crippen LogP contribution in [0.15, 0.2) is 59.5 Å². The zero-order valence-corrected chi connectivity index (χ0v) is 16.1. The number of benzene rings is 1. The number of furan rings is 1. The Hall–Kier alpha value is -3.35. The SMILES string of the molecule is O=C(Nc1ccc(-c2ccco2)cc1)C1CCCN(C(=O)CCc2cn[nH]c2)C1. The van der Waals surface area contributed by atoms with Crippen LogP contribution in [0.1, 0.15) is 24.8 Å². The molecule has 0 bridgehead atoms. The zero-order chi connectivity index (χ0) is 20.1. The van der Waals surface area contributed by atoms with Crippen LogP contribution in [0, 0.1) is 5.92 Å². The standard InChI is InChI=1S/C22H24N4O3/c27-21(10-5-16-13-23-24-14-16)26-11-1-3-18(15-26)22(28)25-19-8-6-17(7-9-19)20-4-2-12-29-20/h2,4,6-9,12-14,18H,1,3,5,10-11,15H2,(H,23,24)(H,25,28). The molecule has 1 aliphatic heterocycles. The highest BCUT2D eigenvalue weighted by atomic mass is 16.3. The van der Waals surface area contributed by atoms with Crippen molar-refractivity contribution in [2.24, 2.45) is 5.92 Å². The van der Waals surface area contributed by atoms with E-state index in [0.29, 0.717) is 25.9 Å². The molecule has 7 nitrogen and oxygen atoms in total. The van der Waals surface area contributed by atoms with Crippen molar-refractivity contribution >= 4 is 17.5 Å². The van der Waals surface area contributed by atoms with Crippen LogP contribution in [0.3, 0.4) is 0 Å². The molecule has 0 spiro atoms. The van der Waals surface area contributed by atoms with E-state index in [1.54, 1.807) is 18.7 Å². The molecule has 150 valence electrons. The number of likely N-dealkylation sites (tertiary alicyclic amines) is 1. The summed E-state index contributed by atoms with van der Waals surface area (Å²) in [5, 5.41) is 9.63. The lowest BCUT2D eigenvalue weighted by molar-refractivity contribution is -0.134. The molecule has 1 fully saturated rings. The van der Waals surface area contributed by atoms with Crippen LogP contribution in [0.4, 0.5) is 5.69 Å². The molecule has 1 atom stereocenters. The summed E-state index contributed by atoms with van der Waals surface area (Å²) in [4.78, 5) is 27.1. The number of carbonyl (C=O) groups is 2. The Bertz CT molecular complexity index is 933. The van der Waals surface area contributed by atoms with Crippen molar-refractivity contribution in [1.29, 1.82) is 0 Å². The molecule has 1 aliphatic rings. The Morgan fingerprint density at radius 1 is 1.24 bits per heavy atom. The fraction of sp³-hybridized carbons (Fsp3) is 0.318. The highest BCUT2D eigenvalue weighted by Gasteiger charge is 2.28. The highest BCUT2D eigenvalue weighted by molar-refractivity contribution is 5.93. The van der Waals surface area contributed by atoms with Gasteiger partial charge in [0.15, 0.2) is 0 Å². The number of rotatable bonds is 6. The van der Waals surface area contributed by atoms with E-state index in [9.17, 15) is 9.59 Å². The van der Waals surface area contributed by atoms with Crippen molar-refractivity contribution in [3.05, 3.63) is 60.6 Å². The number of aromatic amines is 1. The Balaban J connectivity index is 1.30. The number of hydrogen-bond acceptors (Lipinski definition) is 4. The molecular weight excluding hydrogens is 368 g/mol. The number of carbonyl (C=O) groups excluding carboxylic acids is 2. The Labute approximate surface area is 169 Å². The molecule has 1 unspecified atom stereocenters. The molecule has 1 saturated heterocycles. The van der Waals surface area contributed by atoms with Crippen LogP contribution in [0.25, 0.3) is 11.3 Å². The van der Waals surface area contributed by atoms with E-state index < -0.39 is 0 Å². The highest BCUT2D eigenvalue weighted by Crippen LogP contribution is 2.23. The molecule has 29 heavy (non-hydrogen) atoms. The van der Waals surface area contributed by atoms with Crippen molar-refractivity contribution in [3.63, 3.8) is 0 Å². The lowest BCUT2D eigenvalue weighted by atomic mass is 9.96. The summed E-state index contributed by atoms with van der Waals surface area (Å²) >= 11 is 0. The van der Waals surface area contributed by atoms with Gasteiger partial charge in [-0.25, -0.2) is 0 Å². The van der Waals surface area contributed by atoms with Gasteiger partial charge in [-0.15, -0.1) is 0 Å². The van der Waals surface area contributed by atoms with Gasteiger partial charge < -0.3 is 14.6 Å². The summed E-state index contributed by atoms with van der Waals surface area (Å²) in [6, 6.07) is 11.3. The minimum absolute atomic E-state index is 0.0388. The average molecular weight is 392 g/mol. The second-order valence-electron chi connectivity index (χ2n) is 7.33. The van der Waals surface area contributed by atoms with Crippen LogP contribution in [-0.4, -0.2) is 40.0 Å². The number of H-pyrrole nitrogens is 1. The molecule has 3 aromatic rings. The van der Waals surface area contributed by atoms with Gasteiger partial charge in [-0.3, -0.25) is 14.7 Å². The van der Waals surface area contributed by atoms with Gasteiger partial charge in [0, 0.05) is 37.0 Å². The smallest absolute Gasteiger partial charge is 0.229 e. The van der Waals surface area contributed by atoms with E-state index in [1.807, 2.05) is 41.3 Å². The van der Waals surface area contributed by atoms with Gasteiger partial charge in [0.05, 0.1) is 18.4 Å². The van der Waals surface area contributed by atoms with Crippen LogP contribution >= 0.6 is 0 Å². The van der Waals surface area contributed by atoms with E-state index in [4.69, 9.17) is 4.42 Å². The molecule has 0 radical (unpaired) electrons. The molecule has 2 amide bonds. The molecule has 1 aromatic carbocycles. The average Bonchev–Trinajstić information content (AvgIpc) is 3.47. The van der Waals surface area contributed by atoms with Gasteiger partial charge >= 0.3 is 0 Å². The molecule has 2 N–H and O–H groups in total. The number of aryl methyl sites for hydroxylation is 1. The van der Waals surface area contributed by atoms with Crippen molar-refractivity contribution in [3.8, 4) is 11.3 Å². The lowest BCUT2D eigenvalue weighted by Crippen LogP contribution is -2.43. The van der Waals surface area contributed by atoms with Crippen LogP contribution in [0.2, 0.25) is 0 Å². The largest absolute Gasteiger partial charge is 0.464 e. The molecule has 4 rings (SSSR count). The predicted molar refractivity (Wildman–Crippen MR) is 109 cm³/mol. The monoisotopic (exact) mass is 392 g/mol. The van der Waals surface area contributed by atoms with Crippen molar-refractivity contribution in [2.75, 3.05) is 18.4 Å². The third-order valence-electron chi connectivity index (χ3n) is 5.29. The number of hydrogen-bond donors (Lipinski definition) is 2. The first-order chi connectivity index (χ1) is 14.2. The summed E-state index contributed by atoms with van der Waals surface area (Å²) in [6.45, 7) is 1.19. The number of nitrogens with one attached hydrogen (secondary N) is 2. The Morgan fingerprint density at radius 3 is 2.83 bits per heavy atom. The second-order valence-corrected chi connectivity index (χ2v) is 7.33. The number of piperidine rings is 1. The first-order valence-corrected chi connectivity index (χ1v) is 9.89. The third kappa shape index (κ3) is 4.74. The van der Waals surface area contributed by atoms with Crippen LogP contribution < -0.4 is 5.32 Å². The summed E-state index contributed by atoms with van der Waals surface area (Å²) in [7, 11) is 0. The number of amides is 2. The summed E-state index contributed by atoms with van der Waals surface area (Å²) in [6.07, 6.45) is 7.89. The van der Waals surface area contributed by atoms with Crippen molar-refractivity contribution in [2.45, 2.75) is 25.7 Å². The van der Waals surface area contributed by atoms with E-state index in [-0.39, 0.29) is 17.7 Å². The first-order valence-electron chi connectivity index (χ1n) is 9.89. The first kappa shape index (κ1) is 19.0. The maximum absolute atomic E-state index is 12.7. The third-order valence-corrected chi connectivity index (χ3v) is 5.29. The lowest BCUT2D eigenvalue weighted by Gasteiger charge is -2.32. The van der Waals surface area contributed by atoms with Crippen LogP contribution in [0.5, 0.6) is 0 Å². The minimum atomic E-state index is -0.189. The van der Waals surface area contributed by atoms with Crippen molar-refractivity contribution in [1.82, 2.24) is 15.1 Å². The number of anilines is 1. The second kappa shape index (κ2) is 8.77. The summed E-state index contributed by atoms with van der Waals surface area (Å²) in [5.74, 6) is 0.653. The van der Waals surface area contributed by atoms with Gasteiger partial charge in [-0.05, 0) is 61.2 Å². The maximum Gasteiger partial charge on any atom is 0.229 e. The zero-order valence-electron chi connectivity index (χ0n) is 16.1. The molecule has 3 heterocycles. The van der Waals surface area contributed by atoms with Gasteiger partial charge in [0.2, 0.25) is 11.8 Å². The Kier molecular flexibility index (Phi) is 5.74. The molecule has 7 heteroatoms. The normalized spacial score (nSPS) is 16.6. The fourth-order valence-electron chi connectivity index (χ4n) is 3.65. The predicted octanol–water partition coefficient (Wildman–Crippen LogP) is 3.48. The van der Waals surface area contributed by atoms with Gasteiger partial charge in [-0.1, -0.05) is 0 Å². The molecular formula is C22H24N4O3. The topological polar surface area (TPSA) is 91.2 Å². The number of nitrogens with zero attached hydrogens (tertiary/aromatic N) is 2. The molecule has 0 saturated carbocycles. The maximum atomic E-state index is 12.7. The van der Waals surface area contributed by atoms with Crippen molar-refractivity contribution < 1.29 is 14.0 Å². The molecule has 2 aromatic heterocycles. The van der Waals surface area contributed by atoms with Gasteiger partial charge in [0.25, 0.3) is 0 Å².